The molecule has 0 bridgehead atoms. The number of H-pyrrole nitrogens is 1. The van der Waals surface area contributed by atoms with Gasteiger partial charge in [-0.05, 0) is 18.4 Å². The van der Waals surface area contributed by atoms with Gasteiger partial charge in [-0.3, -0.25) is 14.3 Å². The van der Waals surface area contributed by atoms with E-state index in [2.05, 4.69) is 9.97 Å². The Labute approximate surface area is 113 Å². The van der Waals surface area contributed by atoms with Crippen molar-refractivity contribution in [3.8, 4) is 0 Å². The molecular formula is C13H15N3O4. The number of hydrogen-bond donors (Lipinski definition) is 2. The van der Waals surface area contributed by atoms with E-state index in [4.69, 9.17) is 0 Å². The minimum atomic E-state index is -1.14. The Morgan fingerprint density at radius 1 is 1.45 bits per heavy atom. The van der Waals surface area contributed by atoms with E-state index >= 15 is 0 Å². The quantitative estimate of drug-likeness (QED) is 0.868. The lowest BCUT2D eigenvalue weighted by Gasteiger charge is -2.14. The van der Waals surface area contributed by atoms with Gasteiger partial charge in [0.25, 0.3) is 5.56 Å². The maximum absolute atomic E-state index is 12.1. The van der Waals surface area contributed by atoms with Crippen LogP contribution in [0.15, 0.2) is 15.8 Å². The molecule has 0 amide bonds. The molecule has 0 fully saturated rings. The number of aromatic amines is 1. The van der Waals surface area contributed by atoms with Crippen molar-refractivity contribution in [1.29, 1.82) is 0 Å². The number of fused-ring (bicyclic) bond motifs is 1. The topological polar surface area (TPSA) is 105 Å². The van der Waals surface area contributed by atoms with Crippen molar-refractivity contribution in [2.24, 2.45) is 0 Å². The van der Waals surface area contributed by atoms with Crippen LogP contribution in [0.3, 0.4) is 0 Å². The molecule has 0 saturated heterocycles. The van der Waals surface area contributed by atoms with Crippen molar-refractivity contribution < 1.29 is 9.90 Å². The van der Waals surface area contributed by atoms with Gasteiger partial charge < -0.3 is 5.11 Å². The summed E-state index contributed by atoms with van der Waals surface area (Å²) in [6.07, 6.45) is 1.20. The third kappa shape index (κ3) is 2.01. The van der Waals surface area contributed by atoms with E-state index in [9.17, 15) is 19.5 Å². The summed E-state index contributed by atoms with van der Waals surface area (Å²) in [6, 6.07) is 0. The van der Waals surface area contributed by atoms with Gasteiger partial charge in [-0.2, -0.15) is 0 Å². The fraction of sp³-hybridized carbons (Fsp3) is 0.385. The molecule has 2 aromatic heterocycles. The number of aromatic nitrogens is 3. The van der Waals surface area contributed by atoms with Crippen LogP contribution in [-0.2, 0) is 6.54 Å². The number of aryl methyl sites for hydroxylation is 1. The summed E-state index contributed by atoms with van der Waals surface area (Å²) in [5, 5.41) is 9.39. The Kier molecular flexibility index (Phi) is 3.44. The summed E-state index contributed by atoms with van der Waals surface area (Å²) in [7, 11) is 0. The summed E-state index contributed by atoms with van der Waals surface area (Å²) >= 11 is 0. The van der Waals surface area contributed by atoms with Crippen LogP contribution < -0.4 is 11.2 Å². The molecule has 0 spiro atoms. The zero-order chi connectivity index (χ0) is 15.0. The van der Waals surface area contributed by atoms with E-state index < -0.39 is 17.2 Å². The van der Waals surface area contributed by atoms with E-state index in [1.165, 1.54) is 10.8 Å². The Morgan fingerprint density at radius 2 is 2.10 bits per heavy atom. The van der Waals surface area contributed by atoms with Crippen molar-refractivity contribution in [3.63, 3.8) is 0 Å². The van der Waals surface area contributed by atoms with Gasteiger partial charge in [0.2, 0.25) is 0 Å². The third-order valence-corrected chi connectivity index (χ3v) is 3.17. The zero-order valence-corrected chi connectivity index (χ0v) is 11.4. The summed E-state index contributed by atoms with van der Waals surface area (Å²) in [4.78, 5) is 41.3. The van der Waals surface area contributed by atoms with E-state index in [0.29, 0.717) is 12.1 Å². The molecule has 2 heterocycles. The lowest BCUT2D eigenvalue weighted by atomic mass is 9.96. The highest BCUT2D eigenvalue weighted by atomic mass is 16.4. The fourth-order valence-corrected chi connectivity index (χ4v) is 2.33. The Hall–Kier alpha value is -2.44. The molecule has 7 nitrogen and oxygen atoms in total. The molecule has 2 rings (SSSR count). The standard InChI is InChI=1S/C13H15N3O4/c1-4-16-10-9(11(17)15-13(16)20)8(6(2)3)7(5-14-10)12(18)19/h5-6H,4H2,1-3H3,(H,18,19)(H,15,17,20). The Morgan fingerprint density at radius 3 is 2.60 bits per heavy atom. The highest BCUT2D eigenvalue weighted by molar-refractivity contribution is 5.95. The second kappa shape index (κ2) is 4.92. The van der Waals surface area contributed by atoms with Crippen LogP contribution in [0.2, 0.25) is 0 Å². The zero-order valence-electron chi connectivity index (χ0n) is 11.4. The van der Waals surface area contributed by atoms with Gasteiger partial charge in [-0.25, -0.2) is 14.6 Å². The van der Waals surface area contributed by atoms with Gasteiger partial charge in [0.05, 0.1) is 10.9 Å². The SMILES string of the molecule is CCn1c(=O)[nH]c(=O)c2c(C(C)C)c(C(=O)O)cnc21. The number of hydrogen-bond acceptors (Lipinski definition) is 4. The second-order valence-electron chi connectivity index (χ2n) is 4.75. The summed E-state index contributed by atoms with van der Waals surface area (Å²) < 4.78 is 1.31. The first kappa shape index (κ1) is 14.0. The summed E-state index contributed by atoms with van der Waals surface area (Å²) in [6.45, 7) is 5.67. The van der Waals surface area contributed by atoms with E-state index in [1.807, 2.05) is 0 Å². The van der Waals surface area contributed by atoms with Crippen molar-refractivity contribution in [2.45, 2.75) is 33.2 Å². The molecule has 20 heavy (non-hydrogen) atoms. The Balaban J connectivity index is 3.10. The van der Waals surface area contributed by atoms with Gasteiger partial charge in [0.15, 0.2) is 0 Å². The lowest BCUT2D eigenvalue weighted by Crippen LogP contribution is -2.31. The number of carbonyl (C=O) groups is 1. The normalized spacial score (nSPS) is 11.2. The van der Waals surface area contributed by atoms with Crippen molar-refractivity contribution in [3.05, 3.63) is 38.2 Å². The molecule has 0 atom stereocenters. The number of nitrogens with zero attached hydrogens (tertiary/aromatic N) is 2. The van der Waals surface area contributed by atoms with Crippen LogP contribution in [-0.4, -0.2) is 25.6 Å². The maximum Gasteiger partial charge on any atom is 0.337 e. The van der Waals surface area contributed by atoms with Crippen LogP contribution in [0, 0.1) is 0 Å². The second-order valence-corrected chi connectivity index (χ2v) is 4.75. The van der Waals surface area contributed by atoms with Gasteiger partial charge in [-0.15, -0.1) is 0 Å². The monoisotopic (exact) mass is 277 g/mol. The highest BCUT2D eigenvalue weighted by Crippen LogP contribution is 2.24. The van der Waals surface area contributed by atoms with E-state index in [-0.39, 0.29) is 22.5 Å². The number of aromatic carboxylic acids is 1. The molecule has 0 saturated carbocycles. The third-order valence-electron chi connectivity index (χ3n) is 3.17. The van der Waals surface area contributed by atoms with Crippen LogP contribution in [0.1, 0.15) is 42.6 Å². The summed E-state index contributed by atoms with van der Waals surface area (Å²) in [5.41, 5.74) is -0.551. The predicted octanol–water partition coefficient (Wildman–Crippen LogP) is 0.926. The first-order chi connectivity index (χ1) is 9.38. The minimum absolute atomic E-state index is 0.0145. The number of rotatable bonds is 3. The molecule has 0 unspecified atom stereocenters. The van der Waals surface area contributed by atoms with Crippen molar-refractivity contribution in [1.82, 2.24) is 14.5 Å². The first-order valence-corrected chi connectivity index (χ1v) is 6.27. The lowest BCUT2D eigenvalue weighted by molar-refractivity contribution is 0.0695. The number of nitrogens with one attached hydrogen (secondary N) is 1. The maximum atomic E-state index is 12.1. The van der Waals surface area contributed by atoms with Gasteiger partial charge in [0, 0.05) is 12.7 Å². The fourth-order valence-electron chi connectivity index (χ4n) is 2.33. The van der Waals surface area contributed by atoms with E-state index in [0.717, 1.165) is 0 Å². The molecule has 0 aliphatic heterocycles. The Bertz CT molecular complexity index is 802. The largest absolute Gasteiger partial charge is 0.478 e. The van der Waals surface area contributed by atoms with E-state index in [1.54, 1.807) is 20.8 Å². The molecule has 0 aliphatic rings. The molecule has 0 aromatic carbocycles. The van der Waals surface area contributed by atoms with Gasteiger partial charge in [-0.1, -0.05) is 13.8 Å². The van der Waals surface area contributed by atoms with Crippen LogP contribution in [0.5, 0.6) is 0 Å². The highest BCUT2D eigenvalue weighted by Gasteiger charge is 2.21. The smallest absolute Gasteiger partial charge is 0.337 e. The number of pyridine rings is 1. The molecule has 0 radical (unpaired) electrons. The minimum Gasteiger partial charge on any atom is -0.478 e. The molecule has 0 aliphatic carbocycles. The van der Waals surface area contributed by atoms with Crippen molar-refractivity contribution >= 4 is 17.0 Å². The average molecular weight is 277 g/mol. The molecule has 106 valence electrons. The molecule has 2 aromatic rings. The molecule has 2 N–H and O–H groups in total. The molecular weight excluding hydrogens is 262 g/mol. The number of carboxylic acid groups (broad SMARTS) is 1. The van der Waals surface area contributed by atoms with Gasteiger partial charge >= 0.3 is 11.7 Å². The average Bonchev–Trinajstić information content (AvgIpc) is 2.37. The first-order valence-electron chi connectivity index (χ1n) is 6.27. The van der Waals surface area contributed by atoms with Crippen LogP contribution in [0.4, 0.5) is 0 Å². The molecule has 7 heteroatoms. The summed E-state index contributed by atoms with van der Waals surface area (Å²) in [5.74, 6) is -1.33. The van der Waals surface area contributed by atoms with Crippen molar-refractivity contribution in [2.75, 3.05) is 0 Å². The number of carboxylic acids is 1. The van der Waals surface area contributed by atoms with Crippen LogP contribution >= 0.6 is 0 Å². The van der Waals surface area contributed by atoms with Crippen LogP contribution in [0.25, 0.3) is 11.0 Å². The van der Waals surface area contributed by atoms with Gasteiger partial charge in [0.1, 0.15) is 5.65 Å². The predicted molar refractivity (Wildman–Crippen MR) is 73.3 cm³/mol.